The fourth-order valence-corrected chi connectivity index (χ4v) is 0.101. The average molecular weight is 163 g/mol. The van der Waals surface area contributed by atoms with Crippen LogP contribution in [-0.4, -0.2) is 30.7 Å². The lowest BCUT2D eigenvalue weighted by atomic mass is 10.2. The van der Waals surface area contributed by atoms with Crippen molar-refractivity contribution in [2.24, 2.45) is 23.1 Å². The number of aliphatic carboxylic acids is 1. The highest BCUT2D eigenvalue weighted by Gasteiger charge is 2.05. The van der Waals surface area contributed by atoms with Crippen LogP contribution in [-0.2, 0) is 4.79 Å². The van der Waals surface area contributed by atoms with Crippen molar-refractivity contribution in [3.05, 3.63) is 0 Å². The summed E-state index contributed by atoms with van der Waals surface area (Å²) in [5.74, 6) is -1.23. The summed E-state index contributed by atoms with van der Waals surface area (Å²) >= 11 is 0. The van der Waals surface area contributed by atoms with Crippen LogP contribution in [0.2, 0.25) is 0 Å². The maximum atomic E-state index is 9.85. The summed E-state index contributed by atoms with van der Waals surface area (Å²) in [5.41, 5.74) is 14.8. The van der Waals surface area contributed by atoms with Gasteiger partial charge in [-0.2, -0.15) is 0 Å². The molecule has 5 nitrogen and oxygen atoms in total. The second-order valence-corrected chi connectivity index (χ2v) is 2.05. The first-order chi connectivity index (χ1) is 5.09. The van der Waals surface area contributed by atoms with Crippen molar-refractivity contribution in [3.8, 4) is 0 Å². The molecule has 0 spiro atoms. The van der Waals surface area contributed by atoms with Crippen molar-refractivity contribution in [1.29, 1.82) is 0 Å². The van der Waals surface area contributed by atoms with Crippen molar-refractivity contribution >= 4 is 5.97 Å². The van der Waals surface area contributed by atoms with E-state index in [-0.39, 0.29) is 6.54 Å². The van der Waals surface area contributed by atoms with Crippen LogP contribution in [0.3, 0.4) is 0 Å². The number of nitrogens with two attached hydrogens (primary N) is 3. The predicted molar refractivity (Wildman–Crippen MR) is 44.0 cm³/mol. The fraction of sp³-hybridized carbons (Fsp3) is 0.833. The number of carbonyl (C=O) groups is 1. The van der Waals surface area contributed by atoms with Crippen molar-refractivity contribution in [2.45, 2.75) is 6.92 Å². The highest BCUT2D eigenvalue weighted by molar-refractivity contribution is 5.69. The monoisotopic (exact) mass is 163 g/mol. The standard InChI is InChI=1S/C4H9NO2.C2H8N2/c1-3(2-5)4(6)7;3-1-2-4/h3H,2,5H2,1H3,(H,6,7);1-4H2. The largest absolute Gasteiger partial charge is 0.481 e. The van der Waals surface area contributed by atoms with E-state index >= 15 is 0 Å². The third-order valence-electron chi connectivity index (χ3n) is 0.942. The van der Waals surface area contributed by atoms with Crippen LogP contribution in [0.25, 0.3) is 0 Å². The molecule has 0 amide bonds. The van der Waals surface area contributed by atoms with Gasteiger partial charge in [-0.1, -0.05) is 6.92 Å². The predicted octanol–water partition coefficient (Wildman–Crippen LogP) is -1.43. The third-order valence-corrected chi connectivity index (χ3v) is 0.942. The van der Waals surface area contributed by atoms with Gasteiger partial charge in [0.25, 0.3) is 0 Å². The van der Waals surface area contributed by atoms with Gasteiger partial charge in [0.05, 0.1) is 5.92 Å². The summed E-state index contributed by atoms with van der Waals surface area (Å²) in [7, 11) is 0. The molecule has 0 rings (SSSR count). The summed E-state index contributed by atoms with van der Waals surface area (Å²) < 4.78 is 0. The molecule has 7 N–H and O–H groups in total. The zero-order valence-electron chi connectivity index (χ0n) is 6.79. The maximum Gasteiger partial charge on any atom is 0.307 e. The summed E-state index contributed by atoms with van der Waals surface area (Å²) in [6.07, 6.45) is 0. The van der Waals surface area contributed by atoms with Gasteiger partial charge in [-0.25, -0.2) is 0 Å². The summed E-state index contributed by atoms with van der Waals surface area (Å²) in [6, 6.07) is 0. The van der Waals surface area contributed by atoms with Crippen LogP contribution in [0, 0.1) is 5.92 Å². The van der Waals surface area contributed by atoms with E-state index in [0.717, 1.165) is 0 Å². The quantitative estimate of drug-likeness (QED) is 0.407. The average Bonchev–Trinajstić information content (AvgIpc) is 2.03. The number of carboxylic acid groups (broad SMARTS) is 1. The molecular weight excluding hydrogens is 146 g/mol. The van der Waals surface area contributed by atoms with Gasteiger partial charge in [0.15, 0.2) is 0 Å². The molecule has 0 aromatic rings. The van der Waals surface area contributed by atoms with Gasteiger partial charge in [0.1, 0.15) is 0 Å². The Morgan fingerprint density at radius 1 is 1.36 bits per heavy atom. The molecule has 0 radical (unpaired) electrons. The first kappa shape index (κ1) is 13.0. The minimum Gasteiger partial charge on any atom is -0.481 e. The Morgan fingerprint density at radius 3 is 1.73 bits per heavy atom. The van der Waals surface area contributed by atoms with Gasteiger partial charge in [-0.3, -0.25) is 4.79 Å². The van der Waals surface area contributed by atoms with Gasteiger partial charge in [0, 0.05) is 19.6 Å². The number of hydrogen-bond acceptors (Lipinski definition) is 4. The normalized spacial score (nSPS) is 11.3. The van der Waals surface area contributed by atoms with Crippen molar-refractivity contribution in [2.75, 3.05) is 19.6 Å². The molecule has 0 aliphatic heterocycles. The molecule has 11 heavy (non-hydrogen) atoms. The summed E-state index contributed by atoms with van der Waals surface area (Å²) in [4.78, 5) is 9.85. The van der Waals surface area contributed by atoms with Crippen LogP contribution in [0.1, 0.15) is 6.92 Å². The first-order valence-corrected chi connectivity index (χ1v) is 3.43. The van der Waals surface area contributed by atoms with Crippen molar-refractivity contribution < 1.29 is 9.90 Å². The van der Waals surface area contributed by atoms with E-state index in [1.54, 1.807) is 6.92 Å². The lowest BCUT2D eigenvalue weighted by molar-refractivity contribution is -0.140. The Labute approximate surface area is 66.5 Å². The molecule has 0 bridgehead atoms. The summed E-state index contributed by atoms with van der Waals surface area (Å²) in [6.45, 7) is 2.98. The van der Waals surface area contributed by atoms with Crippen LogP contribution >= 0.6 is 0 Å². The molecule has 0 saturated carbocycles. The van der Waals surface area contributed by atoms with Gasteiger partial charge in [-0.05, 0) is 0 Å². The number of carboxylic acids is 1. The smallest absolute Gasteiger partial charge is 0.307 e. The molecule has 0 aromatic heterocycles. The van der Waals surface area contributed by atoms with E-state index in [4.69, 9.17) is 22.3 Å². The first-order valence-electron chi connectivity index (χ1n) is 3.43. The Hall–Kier alpha value is -0.650. The van der Waals surface area contributed by atoms with Crippen LogP contribution in [0.5, 0.6) is 0 Å². The van der Waals surface area contributed by atoms with E-state index in [0.29, 0.717) is 13.1 Å². The molecule has 0 aliphatic rings. The zero-order chi connectivity index (χ0) is 9.28. The Morgan fingerprint density at radius 2 is 1.73 bits per heavy atom. The van der Waals surface area contributed by atoms with E-state index in [9.17, 15) is 4.79 Å². The topological polar surface area (TPSA) is 115 Å². The molecular formula is C6H17N3O2. The Balaban J connectivity index is 0. The van der Waals surface area contributed by atoms with Crippen molar-refractivity contribution in [3.63, 3.8) is 0 Å². The van der Waals surface area contributed by atoms with Gasteiger partial charge in [0.2, 0.25) is 0 Å². The zero-order valence-corrected chi connectivity index (χ0v) is 6.79. The minimum absolute atomic E-state index is 0.218. The van der Waals surface area contributed by atoms with Gasteiger partial charge >= 0.3 is 5.97 Å². The molecule has 5 heteroatoms. The van der Waals surface area contributed by atoms with E-state index in [1.807, 2.05) is 0 Å². The maximum absolute atomic E-state index is 9.85. The van der Waals surface area contributed by atoms with Gasteiger partial charge in [-0.15, -0.1) is 0 Å². The molecule has 0 aliphatic carbocycles. The molecule has 0 heterocycles. The SMILES string of the molecule is CC(CN)C(=O)O.NCCN. The third kappa shape index (κ3) is 12.5. The Kier molecular flexibility index (Phi) is 11.0. The number of rotatable bonds is 3. The fourth-order valence-electron chi connectivity index (χ4n) is 0.101. The van der Waals surface area contributed by atoms with E-state index in [1.165, 1.54) is 0 Å². The van der Waals surface area contributed by atoms with Crippen LogP contribution in [0.4, 0.5) is 0 Å². The van der Waals surface area contributed by atoms with Gasteiger partial charge < -0.3 is 22.3 Å². The summed E-state index contributed by atoms with van der Waals surface area (Å²) in [5, 5.41) is 8.10. The molecule has 0 fully saturated rings. The van der Waals surface area contributed by atoms with Crippen LogP contribution < -0.4 is 17.2 Å². The molecule has 68 valence electrons. The molecule has 0 saturated heterocycles. The molecule has 0 aromatic carbocycles. The second kappa shape index (κ2) is 9.35. The van der Waals surface area contributed by atoms with E-state index in [2.05, 4.69) is 0 Å². The second-order valence-electron chi connectivity index (χ2n) is 2.05. The molecule has 1 unspecified atom stereocenters. The Bertz CT molecular complexity index is 95.8. The lowest BCUT2D eigenvalue weighted by Crippen LogP contribution is -2.19. The highest BCUT2D eigenvalue weighted by Crippen LogP contribution is 1.87. The lowest BCUT2D eigenvalue weighted by Gasteiger charge is -1.96. The molecule has 1 atom stereocenters. The number of hydrogen-bond donors (Lipinski definition) is 4. The highest BCUT2D eigenvalue weighted by atomic mass is 16.4. The van der Waals surface area contributed by atoms with Crippen molar-refractivity contribution in [1.82, 2.24) is 0 Å². The van der Waals surface area contributed by atoms with Crippen LogP contribution in [0.15, 0.2) is 0 Å². The minimum atomic E-state index is -0.831. The van der Waals surface area contributed by atoms with E-state index < -0.39 is 11.9 Å².